The zero-order valence-electron chi connectivity index (χ0n) is 10.1. The van der Waals surface area contributed by atoms with Crippen molar-refractivity contribution in [1.82, 2.24) is 0 Å². The highest BCUT2D eigenvalue weighted by Gasteiger charge is 2.03. The molecule has 0 unspecified atom stereocenters. The average Bonchev–Trinajstić information content (AvgIpc) is 2.45. The molecule has 0 bridgehead atoms. The Balaban J connectivity index is 2.31. The Labute approximate surface area is 107 Å². The lowest BCUT2D eigenvalue weighted by Gasteiger charge is -2.07. The minimum atomic E-state index is 0.445. The maximum atomic E-state index is 5.61. The predicted molar refractivity (Wildman–Crippen MR) is 75.2 cm³/mol. The summed E-state index contributed by atoms with van der Waals surface area (Å²) in [5, 5.41) is 0. The molecule has 0 aliphatic heterocycles. The molecule has 0 saturated carbocycles. The second kappa shape index (κ2) is 6.40. The molecule has 0 saturated heterocycles. The van der Waals surface area contributed by atoms with Crippen molar-refractivity contribution in [3.8, 4) is 0 Å². The summed E-state index contributed by atoms with van der Waals surface area (Å²) in [4.78, 5) is 4.51. The van der Waals surface area contributed by atoms with Crippen LogP contribution in [-0.2, 0) is 4.74 Å². The van der Waals surface area contributed by atoms with E-state index in [4.69, 9.17) is 4.74 Å². The minimum Gasteiger partial charge on any atom is -0.473 e. The zero-order chi connectivity index (χ0) is 12.6. The largest absolute Gasteiger partial charge is 0.473 e. The van der Waals surface area contributed by atoms with Crippen LogP contribution in [-0.4, -0.2) is 12.5 Å². The fourth-order valence-electron chi connectivity index (χ4n) is 1.52. The van der Waals surface area contributed by atoms with Gasteiger partial charge in [-0.15, -0.1) is 0 Å². The fourth-order valence-corrected chi connectivity index (χ4v) is 1.52. The van der Waals surface area contributed by atoms with E-state index < -0.39 is 0 Å². The van der Waals surface area contributed by atoms with E-state index in [1.165, 1.54) is 0 Å². The monoisotopic (exact) mass is 237 g/mol. The molecule has 0 aromatic heterocycles. The second-order valence-electron chi connectivity index (χ2n) is 3.72. The van der Waals surface area contributed by atoms with E-state index in [1.807, 2.05) is 60.7 Å². The molecule has 0 amide bonds. The Kier molecular flexibility index (Phi) is 4.31. The Hall–Kier alpha value is -2.35. The van der Waals surface area contributed by atoms with Crippen LogP contribution >= 0.6 is 0 Å². The van der Waals surface area contributed by atoms with Gasteiger partial charge < -0.3 is 4.74 Å². The number of hydrogen-bond donors (Lipinski definition) is 0. The Morgan fingerprint density at radius 2 is 1.61 bits per heavy atom. The Morgan fingerprint density at radius 3 is 2.22 bits per heavy atom. The molecule has 0 aliphatic rings. The summed E-state index contributed by atoms with van der Waals surface area (Å²) in [5.41, 5.74) is 1.84. The molecule has 0 radical (unpaired) electrons. The van der Waals surface area contributed by atoms with Gasteiger partial charge in [0, 0.05) is 5.56 Å². The van der Waals surface area contributed by atoms with Crippen molar-refractivity contribution in [3.63, 3.8) is 0 Å². The van der Waals surface area contributed by atoms with Gasteiger partial charge in [0.1, 0.15) is 6.61 Å². The van der Waals surface area contributed by atoms with Gasteiger partial charge in [0.15, 0.2) is 0 Å². The van der Waals surface area contributed by atoms with Crippen LogP contribution in [0, 0.1) is 0 Å². The van der Waals surface area contributed by atoms with Gasteiger partial charge in [0.05, 0.1) is 5.69 Å². The topological polar surface area (TPSA) is 21.6 Å². The lowest BCUT2D eigenvalue weighted by molar-refractivity contribution is 0.352. The average molecular weight is 237 g/mol. The summed E-state index contributed by atoms with van der Waals surface area (Å²) >= 11 is 0. The summed E-state index contributed by atoms with van der Waals surface area (Å²) < 4.78 is 5.61. The highest BCUT2D eigenvalue weighted by atomic mass is 16.5. The van der Waals surface area contributed by atoms with Gasteiger partial charge in [-0.25, -0.2) is 4.99 Å². The van der Waals surface area contributed by atoms with Crippen LogP contribution in [0.15, 0.2) is 78.3 Å². The van der Waals surface area contributed by atoms with Crippen LogP contribution in [0.4, 0.5) is 5.69 Å². The van der Waals surface area contributed by atoms with E-state index >= 15 is 0 Å². The number of aliphatic imine (C=N–C) groups is 1. The SMILES string of the molecule is C=CCOC(=Nc1ccccc1)c1ccccc1. The molecule has 2 aromatic carbocycles. The van der Waals surface area contributed by atoms with E-state index in [0.29, 0.717) is 12.5 Å². The third-order valence-corrected chi connectivity index (χ3v) is 2.35. The number of rotatable bonds is 4. The molecule has 2 aromatic rings. The highest BCUT2D eigenvalue weighted by molar-refractivity contribution is 5.95. The molecule has 2 rings (SSSR count). The van der Waals surface area contributed by atoms with Crippen molar-refractivity contribution in [1.29, 1.82) is 0 Å². The first-order valence-electron chi connectivity index (χ1n) is 5.83. The van der Waals surface area contributed by atoms with Gasteiger partial charge in [0.2, 0.25) is 5.90 Å². The maximum Gasteiger partial charge on any atom is 0.221 e. The van der Waals surface area contributed by atoms with Crippen LogP contribution in [0.1, 0.15) is 5.56 Å². The first-order chi connectivity index (χ1) is 8.90. The summed E-state index contributed by atoms with van der Waals surface area (Å²) in [7, 11) is 0. The normalized spacial score (nSPS) is 11.0. The molecule has 0 spiro atoms. The van der Waals surface area contributed by atoms with Crippen molar-refractivity contribution < 1.29 is 4.74 Å². The molecule has 0 atom stereocenters. The van der Waals surface area contributed by atoms with E-state index in [2.05, 4.69) is 11.6 Å². The minimum absolute atomic E-state index is 0.445. The molecule has 18 heavy (non-hydrogen) atoms. The van der Waals surface area contributed by atoms with Crippen molar-refractivity contribution in [2.45, 2.75) is 0 Å². The molecule has 90 valence electrons. The van der Waals surface area contributed by atoms with Crippen LogP contribution in [0.25, 0.3) is 0 Å². The van der Waals surface area contributed by atoms with Gasteiger partial charge in [0.25, 0.3) is 0 Å². The maximum absolute atomic E-state index is 5.61. The number of ether oxygens (including phenoxy) is 1. The lowest BCUT2D eigenvalue weighted by atomic mass is 10.2. The molecular weight excluding hydrogens is 222 g/mol. The quantitative estimate of drug-likeness (QED) is 0.448. The van der Waals surface area contributed by atoms with Crippen molar-refractivity contribution in [3.05, 3.63) is 78.9 Å². The van der Waals surface area contributed by atoms with Crippen molar-refractivity contribution in [2.75, 3.05) is 6.61 Å². The van der Waals surface area contributed by atoms with Crippen LogP contribution in [0.3, 0.4) is 0 Å². The second-order valence-corrected chi connectivity index (χ2v) is 3.72. The van der Waals surface area contributed by atoms with E-state index in [0.717, 1.165) is 11.3 Å². The standard InChI is InChI=1S/C16H15NO/c1-2-13-18-16(14-9-5-3-6-10-14)17-15-11-7-4-8-12-15/h2-12H,1,13H2. The molecule has 0 N–H and O–H groups in total. The first-order valence-corrected chi connectivity index (χ1v) is 5.83. The fraction of sp³-hybridized carbons (Fsp3) is 0.0625. The van der Waals surface area contributed by atoms with Crippen LogP contribution < -0.4 is 0 Å². The van der Waals surface area contributed by atoms with Crippen molar-refractivity contribution in [2.24, 2.45) is 4.99 Å². The summed E-state index contributed by atoms with van der Waals surface area (Å²) in [6.07, 6.45) is 1.71. The number of benzene rings is 2. The zero-order valence-corrected chi connectivity index (χ0v) is 10.1. The Bertz CT molecular complexity index is 517. The van der Waals surface area contributed by atoms with Gasteiger partial charge in [-0.1, -0.05) is 49.1 Å². The molecule has 0 aliphatic carbocycles. The van der Waals surface area contributed by atoms with E-state index in [9.17, 15) is 0 Å². The van der Waals surface area contributed by atoms with Crippen LogP contribution in [0.2, 0.25) is 0 Å². The number of hydrogen-bond acceptors (Lipinski definition) is 2. The van der Waals surface area contributed by atoms with Gasteiger partial charge in [-0.05, 0) is 24.3 Å². The van der Waals surface area contributed by atoms with Gasteiger partial charge in [-0.2, -0.15) is 0 Å². The number of para-hydroxylation sites is 1. The third kappa shape index (κ3) is 3.32. The predicted octanol–water partition coefficient (Wildman–Crippen LogP) is 3.97. The summed E-state index contributed by atoms with van der Waals surface area (Å²) in [5.74, 6) is 0.613. The smallest absolute Gasteiger partial charge is 0.221 e. The Morgan fingerprint density at radius 1 is 1.00 bits per heavy atom. The molecule has 2 heteroatoms. The third-order valence-electron chi connectivity index (χ3n) is 2.35. The molecular formula is C16H15NO. The van der Waals surface area contributed by atoms with E-state index in [1.54, 1.807) is 6.08 Å². The van der Waals surface area contributed by atoms with E-state index in [-0.39, 0.29) is 0 Å². The van der Waals surface area contributed by atoms with Crippen LogP contribution in [0.5, 0.6) is 0 Å². The van der Waals surface area contributed by atoms with Crippen molar-refractivity contribution >= 4 is 11.6 Å². The summed E-state index contributed by atoms with van der Waals surface area (Å²) in [6, 6.07) is 19.6. The highest BCUT2D eigenvalue weighted by Crippen LogP contribution is 2.13. The number of nitrogens with zero attached hydrogens (tertiary/aromatic N) is 1. The molecule has 2 nitrogen and oxygen atoms in total. The molecule has 0 fully saturated rings. The first kappa shape index (κ1) is 12.1. The lowest BCUT2D eigenvalue weighted by Crippen LogP contribution is -2.06. The van der Waals surface area contributed by atoms with Gasteiger partial charge >= 0.3 is 0 Å². The molecule has 0 heterocycles. The summed E-state index contributed by atoms with van der Waals surface area (Å²) in [6.45, 7) is 4.10. The van der Waals surface area contributed by atoms with Gasteiger partial charge in [-0.3, -0.25) is 0 Å².